The van der Waals surface area contributed by atoms with E-state index in [9.17, 15) is 4.79 Å². The summed E-state index contributed by atoms with van der Waals surface area (Å²) in [6.45, 7) is 7.22. The van der Waals surface area contributed by atoms with Crippen LogP contribution in [0, 0.1) is 0 Å². The number of hydrogen-bond acceptors (Lipinski definition) is 4. The van der Waals surface area contributed by atoms with Gasteiger partial charge < -0.3 is 15.0 Å². The maximum absolute atomic E-state index is 12.6. The Balaban J connectivity index is 1.93. The van der Waals surface area contributed by atoms with Gasteiger partial charge in [-0.3, -0.25) is 4.79 Å². The standard InChI is InChI=1S/C18H29N3O2/c1-3-4-5-6-8-15(2)20-18(22)16-9-7-10-19-17(16)21-11-13-23-14-12-21/h7,9-10,15H,3-6,8,11-14H2,1-2H3,(H,20,22). The van der Waals surface area contributed by atoms with E-state index >= 15 is 0 Å². The summed E-state index contributed by atoms with van der Waals surface area (Å²) in [6, 6.07) is 3.87. The van der Waals surface area contributed by atoms with Crippen LogP contribution in [0.4, 0.5) is 5.82 Å². The molecule has 1 unspecified atom stereocenters. The van der Waals surface area contributed by atoms with Crippen molar-refractivity contribution in [3.63, 3.8) is 0 Å². The number of nitrogens with one attached hydrogen (secondary N) is 1. The largest absolute Gasteiger partial charge is 0.378 e. The Morgan fingerprint density at radius 3 is 2.87 bits per heavy atom. The predicted molar refractivity (Wildman–Crippen MR) is 93.0 cm³/mol. The number of carbonyl (C=O) groups excluding carboxylic acids is 1. The number of hydrogen-bond donors (Lipinski definition) is 1. The van der Waals surface area contributed by atoms with Gasteiger partial charge in [0.25, 0.3) is 5.91 Å². The van der Waals surface area contributed by atoms with Crippen molar-refractivity contribution >= 4 is 11.7 Å². The van der Waals surface area contributed by atoms with Crippen LogP contribution in [-0.4, -0.2) is 43.2 Å². The number of anilines is 1. The zero-order valence-electron chi connectivity index (χ0n) is 14.4. The Morgan fingerprint density at radius 2 is 2.13 bits per heavy atom. The fraction of sp³-hybridized carbons (Fsp3) is 0.667. The van der Waals surface area contributed by atoms with Gasteiger partial charge in [0.2, 0.25) is 0 Å². The molecule has 1 aromatic rings. The highest BCUT2D eigenvalue weighted by molar-refractivity contribution is 5.99. The maximum Gasteiger partial charge on any atom is 0.255 e. The summed E-state index contributed by atoms with van der Waals surface area (Å²) >= 11 is 0. The van der Waals surface area contributed by atoms with Crippen molar-refractivity contribution in [2.45, 2.75) is 52.0 Å². The minimum absolute atomic E-state index is 0.0254. The van der Waals surface area contributed by atoms with Crippen molar-refractivity contribution in [2.75, 3.05) is 31.2 Å². The van der Waals surface area contributed by atoms with Gasteiger partial charge in [-0.15, -0.1) is 0 Å². The average Bonchev–Trinajstić information content (AvgIpc) is 2.59. The Hall–Kier alpha value is -1.62. The van der Waals surface area contributed by atoms with Crippen LogP contribution in [0.25, 0.3) is 0 Å². The van der Waals surface area contributed by atoms with E-state index in [1.165, 1.54) is 25.7 Å². The molecule has 1 fully saturated rings. The van der Waals surface area contributed by atoms with Crippen molar-refractivity contribution in [1.29, 1.82) is 0 Å². The van der Waals surface area contributed by atoms with Gasteiger partial charge in [-0.2, -0.15) is 0 Å². The topological polar surface area (TPSA) is 54.5 Å². The van der Waals surface area contributed by atoms with Gasteiger partial charge in [0, 0.05) is 25.3 Å². The second kappa shape index (κ2) is 9.50. The lowest BCUT2D eigenvalue weighted by Crippen LogP contribution is -2.39. The molecular weight excluding hydrogens is 290 g/mol. The molecule has 1 N–H and O–H groups in total. The van der Waals surface area contributed by atoms with Crippen LogP contribution >= 0.6 is 0 Å². The van der Waals surface area contributed by atoms with Crippen LogP contribution in [0.15, 0.2) is 18.3 Å². The molecule has 0 aliphatic carbocycles. The second-order valence-corrected chi connectivity index (χ2v) is 6.20. The molecule has 5 nitrogen and oxygen atoms in total. The molecule has 1 atom stereocenters. The number of nitrogens with zero attached hydrogens (tertiary/aromatic N) is 2. The minimum atomic E-state index is -0.0254. The van der Waals surface area contributed by atoms with Crippen LogP contribution < -0.4 is 10.2 Å². The minimum Gasteiger partial charge on any atom is -0.378 e. The second-order valence-electron chi connectivity index (χ2n) is 6.20. The number of unbranched alkanes of at least 4 members (excludes halogenated alkanes) is 3. The van der Waals surface area contributed by atoms with E-state index in [-0.39, 0.29) is 11.9 Å². The number of aromatic nitrogens is 1. The molecule has 0 aromatic carbocycles. The first-order valence-electron chi connectivity index (χ1n) is 8.81. The summed E-state index contributed by atoms with van der Waals surface area (Å²) < 4.78 is 5.38. The highest BCUT2D eigenvalue weighted by atomic mass is 16.5. The molecule has 5 heteroatoms. The molecule has 1 aromatic heterocycles. The summed E-state index contributed by atoms with van der Waals surface area (Å²) in [5.41, 5.74) is 0.662. The van der Waals surface area contributed by atoms with E-state index in [0.29, 0.717) is 18.8 Å². The van der Waals surface area contributed by atoms with Crippen LogP contribution in [0.2, 0.25) is 0 Å². The fourth-order valence-electron chi connectivity index (χ4n) is 2.85. The summed E-state index contributed by atoms with van der Waals surface area (Å²) in [7, 11) is 0. The zero-order valence-corrected chi connectivity index (χ0v) is 14.4. The van der Waals surface area contributed by atoms with Gasteiger partial charge in [0.1, 0.15) is 5.82 Å². The van der Waals surface area contributed by atoms with Gasteiger partial charge in [-0.05, 0) is 25.5 Å². The molecule has 1 aliphatic heterocycles. The highest BCUT2D eigenvalue weighted by Crippen LogP contribution is 2.18. The van der Waals surface area contributed by atoms with Crippen LogP contribution in [-0.2, 0) is 4.74 Å². The fourth-order valence-corrected chi connectivity index (χ4v) is 2.85. The Labute approximate surface area is 139 Å². The lowest BCUT2D eigenvalue weighted by Gasteiger charge is -2.29. The molecule has 0 spiro atoms. The van der Waals surface area contributed by atoms with Gasteiger partial charge >= 0.3 is 0 Å². The molecular formula is C18H29N3O2. The monoisotopic (exact) mass is 319 g/mol. The van der Waals surface area contributed by atoms with Gasteiger partial charge in [0.05, 0.1) is 18.8 Å². The third kappa shape index (κ3) is 5.50. The lowest BCUT2D eigenvalue weighted by atomic mass is 10.1. The van der Waals surface area contributed by atoms with Crippen molar-refractivity contribution in [2.24, 2.45) is 0 Å². The zero-order chi connectivity index (χ0) is 16.5. The van der Waals surface area contributed by atoms with Crippen LogP contribution in [0.3, 0.4) is 0 Å². The molecule has 1 amide bonds. The first-order chi connectivity index (χ1) is 11.2. The van der Waals surface area contributed by atoms with Crippen molar-refractivity contribution in [3.8, 4) is 0 Å². The van der Waals surface area contributed by atoms with Crippen molar-refractivity contribution in [3.05, 3.63) is 23.9 Å². The first-order valence-corrected chi connectivity index (χ1v) is 8.81. The van der Waals surface area contributed by atoms with Gasteiger partial charge in [0.15, 0.2) is 0 Å². The molecule has 1 saturated heterocycles. The van der Waals surface area contributed by atoms with Crippen LogP contribution in [0.1, 0.15) is 56.3 Å². The average molecular weight is 319 g/mol. The van der Waals surface area contributed by atoms with E-state index in [4.69, 9.17) is 4.74 Å². The maximum atomic E-state index is 12.6. The van der Waals surface area contributed by atoms with Crippen molar-refractivity contribution in [1.82, 2.24) is 10.3 Å². The predicted octanol–water partition coefficient (Wildman–Crippen LogP) is 3.01. The number of amides is 1. The van der Waals surface area contributed by atoms with E-state index in [1.807, 2.05) is 12.1 Å². The summed E-state index contributed by atoms with van der Waals surface area (Å²) in [5.74, 6) is 0.745. The smallest absolute Gasteiger partial charge is 0.255 e. The molecule has 2 rings (SSSR count). The summed E-state index contributed by atoms with van der Waals surface area (Å²) in [5, 5.41) is 3.12. The van der Waals surface area contributed by atoms with Gasteiger partial charge in [-0.25, -0.2) is 4.98 Å². The Bertz CT molecular complexity index is 487. The lowest BCUT2D eigenvalue weighted by molar-refractivity contribution is 0.0936. The Kier molecular flexibility index (Phi) is 7.33. The SMILES string of the molecule is CCCCCCC(C)NC(=O)c1cccnc1N1CCOCC1. The number of pyridine rings is 1. The van der Waals surface area contributed by atoms with E-state index in [2.05, 4.69) is 29.0 Å². The third-order valence-electron chi connectivity index (χ3n) is 4.21. The Morgan fingerprint density at radius 1 is 1.35 bits per heavy atom. The van der Waals surface area contributed by atoms with E-state index < -0.39 is 0 Å². The molecule has 23 heavy (non-hydrogen) atoms. The molecule has 2 heterocycles. The first kappa shape index (κ1) is 17.7. The molecule has 0 bridgehead atoms. The summed E-state index contributed by atoms with van der Waals surface area (Å²) in [4.78, 5) is 19.2. The summed E-state index contributed by atoms with van der Waals surface area (Å²) in [6.07, 6.45) is 7.68. The van der Waals surface area contributed by atoms with Crippen LogP contribution in [0.5, 0.6) is 0 Å². The molecule has 0 radical (unpaired) electrons. The number of rotatable bonds is 8. The third-order valence-corrected chi connectivity index (χ3v) is 4.21. The highest BCUT2D eigenvalue weighted by Gasteiger charge is 2.20. The van der Waals surface area contributed by atoms with E-state index in [1.54, 1.807) is 6.20 Å². The number of carbonyl (C=O) groups is 1. The molecule has 128 valence electrons. The molecule has 0 saturated carbocycles. The number of ether oxygens (including phenoxy) is 1. The van der Waals surface area contributed by atoms with Gasteiger partial charge in [-0.1, -0.05) is 32.6 Å². The van der Waals surface area contributed by atoms with E-state index in [0.717, 1.165) is 25.3 Å². The quantitative estimate of drug-likeness (QED) is 0.748. The molecule has 1 aliphatic rings. The normalized spacial score (nSPS) is 16.2. The number of morpholine rings is 1. The van der Waals surface area contributed by atoms with Crippen molar-refractivity contribution < 1.29 is 9.53 Å².